The monoisotopic (exact) mass is 466 g/mol. The lowest BCUT2D eigenvalue weighted by molar-refractivity contribution is -0.384. The minimum Gasteiger partial charge on any atom is -0.267 e. The minimum atomic E-state index is -3.71. The van der Waals surface area contributed by atoms with Crippen LogP contribution < -0.4 is 9.73 Å². The van der Waals surface area contributed by atoms with Crippen LogP contribution in [0, 0.1) is 10.1 Å². The van der Waals surface area contributed by atoms with Gasteiger partial charge in [-0.15, -0.1) is 0 Å². The van der Waals surface area contributed by atoms with Gasteiger partial charge in [-0.05, 0) is 24.6 Å². The lowest BCUT2D eigenvalue weighted by Crippen LogP contribution is -2.32. The molecule has 0 radical (unpaired) electrons. The summed E-state index contributed by atoms with van der Waals surface area (Å²) in [7, 11) is -3.71. The maximum Gasteiger partial charge on any atom is 0.273 e. The maximum atomic E-state index is 12.9. The van der Waals surface area contributed by atoms with Gasteiger partial charge >= 0.3 is 0 Å². The van der Waals surface area contributed by atoms with E-state index < -0.39 is 20.9 Å². The molecule has 9 nitrogen and oxygen atoms in total. The van der Waals surface area contributed by atoms with Gasteiger partial charge in [0, 0.05) is 17.7 Å². The zero-order chi connectivity index (χ0) is 24.0. The molecule has 0 heterocycles. The van der Waals surface area contributed by atoms with Crippen LogP contribution in [0.1, 0.15) is 28.4 Å². The predicted octanol–water partition coefficient (Wildman–Crippen LogP) is 3.72. The van der Waals surface area contributed by atoms with E-state index in [0.29, 0.717) is 11.3 Å². The van der Waals surface area contributed by atoms with Crippen LogP contribution in [0.15, 0.2) is 84.0 Å². The van der Waals surface area contributed by atoms with Gasteiger partial charge in [0.15, 0.2) is 0 Å². The summed E-state index contributed by atoms with van der Waals surface area (Å²) in [6, 6.07) is 21.2. The van der Waals surface area contributed by atoms with E-state index in [2.05, 4.69) is 10.5 Å². The summed E-state index contributed by atoms with van der Waals surface area (Å²) in [4.78, 5) is 23.4. The van der Waals surface area contributed by atoms with Crippen molar-refractivity contribution in [1.82, 2.24) is 5.43 Å². The molecule has 0 saturated carbocycles. The maximum absolute atomic E-state index is 12.9. The van der Waals surface area contributed by atoms with E-state index in [1.807, 2.05) is 6.07 Å². The van der Waals surface area contributed by atoms with Gasteiger partial charge in [0.25, 0.3) is 11.6 Å². The van der Waals surface area contributed by atoms with E-state index in [1.165, 1.54) is 24.3 Å². The molecule has 3 rings (SSSR count). The van der Waals surface area contributed by atoms with Crippen molar-refractivity contribution in [1.29, 1.82) is 0 Å². The first-order valence-corrected chi connectivity index (χ1v) is 11.7. The third-order valence-corrected chi connectivity index (χ3v) is 5.91. The summed E-state index contributed by atoms with van der Waals surface area (Å²) < 4.78 is 26.3. The van der Waals surface area contributed by atoms with Crippen molar-refractivity contribution in [2.45, 2.75) is 13.5 Å². The highest BCUT2D eigenvalue weighted by Crippen LogP contribution is 2.25. The Morgan fingerprint density at radius 2 is 1.70 bits per heavy atom. The first-order chi connectivity index (χ1) is 15.7. The zero-order valence-corrected chi connectivity index (χ0v) is 18.8. The fourth-order valence-corrected chi connectivity index (χ4v) is 4.02. The van der Waals surface area contributed by atoms with Crippen LogP contribution in [0.5, 0.6) is 0 Å². The molecule has 1 amide bonds. The summed E-state index contributed by atoms with van der Waals surface area (Å²) >= 11 is 0. The summed E-state index contributed by atoms with van der Waals surface area (Å²) in [6.45, 7) is 1.66. The molecule has 0 saturated heterocycles. The number of benzene rings is 3. The Kier molecular flexibility index (Phi) is 7.19. The van der Waals surface area contributed by atoms with Crippen molar-refractivity contribution in [3.63, 3.8) is 0 Å². The molecule has 0 aliphatic heterocycles. The minimum absolute atomic E-state index is 0.0555. The second-order valence-electron chi connectivity index (χ2n) is 7.22. The summed E-state index contributed by atoms with van der Waals surface area (Å²) in [5.74, 6) is -0.614. The molecule has 3 aromatic carbocycles. The first kappa shape index (κ1) is 23.6. The van der Waals surface area contributed by atoms with Crippen molar-refractivity contribution >= 4 is 33.0 Å². The number of carbonyl (C=O) groups excluding carboxylic acids is 1. The second-order valence-corrected chi connectivity index (χ2v) is 9.12. The van der Waals surface area contributed by atoms with Crippen LogP contribution in [0.25, 0.3) is 0 Å². The lowest BCUT2D eigenvalue weighted by Gasteiger charge is -2.24. The number of sulfonamides is 1. The molecule has 0 aromatic heterocycles. The van der Waals surface area contributed by atoms with Crippen LogP contribution in [0.4, 0.5) is 11.4 Å². The molecule has 10 heteroatoms. The van der Waals surface area contributed by atoms with Gasteiger partial charge in [0.1, 0.15) is 0 Å². The van der Waals surface area contributed by atoms with Crippen molar-refractivity contribution in [2.75, 3.05) is 10.6 Å². The van der Waals surface area contributed by atoms with Crippen molar-refractivity contribution in [2.24, 2.45) is 5.10 Å². The van der Waals surface area contributed by atoms with Crippen LogP contribution in [0.2, 0.25) is 0 Å². The molecule has 3 aromatic rings. The van der Waals surface area contributed by atoms with Crippen LogP contribution in [0.3, 0.4) is 0 Å². The van der Waals surface area contributed by atoms with Crippen LogP contribution in [-0.4, -0.2) is 31.2 Å². The average Bonchev–Trinajstić information content (AvgIpc) is 2.80. The van der Waals surface area contributed by atoms with E-state index in [9.17, 15) is 23.3 Å². The molecule has 0 atom stereocenters. The molecule has 0 bridgehead atoms. The topological polar surface area (TPSA) is 122 Å². The lowest BCUT2D eigenvalue weighted by atomic mass is 10.1. The van der Waals surface area contributed by atoms with Crippen LogP contribution >= 0.6 is 0 Å². The second kappa shape index (κ2) is 10.0. The average molecular weight is 467 g/mol. The molecule has 0 aliphatic rings. The number of hydrogen-bond donors (Lipinski definition) is 1. The molecule has 170 valence electrons. The molecule has 0 unspecified atom stereocenters. The number of nitro groups is 1. The molecular formula is C23H22N4O5S. The molecule has 0 fully saturated rings. The molecular weight excluding hydrogens is 444 g/mol. The molecule has 1 N–H and O–H groups in total. The number of hydrazone groups is 1. The quantitative estimate of drug-likeness (QED) is 0.308. The Balaban J connectivity index is 1.89. The predicted molar refractivity (Wildman–Crippen MR) is 127 cm³/mol. The van der Waals surface area contributed by atoms with Crippen molar-refractivity contribution in [3.05, 3.63) is 106 Å². The fourth-order valence-electron chi connectivity index (χ4n) is 3.12. The number of nitrogens with zero attached hydrogens (tertiary/aromatic N) is 3. The van der Waals surface area contributed by atoms with Crippen LogP contribution in [-0.2, 0) is 16.6 Å². The largest absolute Gasteiger partial charge is 0.273 e. The number of hydrogen-bond acceptors (Lipinski definition) is 6. The smallest absolute Gasteiger partial charge is 0.267 e. The van der Waals surface area contributed by atoms with Gasteiger partial charge in [0.05, 0.1) is 34.7 Å². The number of nitro benzene ring substituents is 1. The molecule has 0 aliphatic carbocycles. The highest BCUT2D eigenvalue weighted by Gasteiger charge is 2.23. The molecule has 0 spiro atoms. The normalized spacial score (nSPS) is 11.6. The zero-order valence-electron chi connectivity index (χ0n) is 18.0. The number of rotatable bonds is 8. The highest BCUT2D eigenvalue weighted by molar-refractivity contribution is 7.92. The van der Waals surface area contributed by atoms with Crippen molar-refractivity contribution in [3.8, 4) is 0 Å². The summed E-state index contributed by atoms with van der Waals surface area (Å²) in [6.07, 6.45) is 1.08. The van der Waals surface area contributed by atoms with E-state index in [-0.39, 0.29) is 23.5 Å². The van der Waals surface area contributed by atoms with Gasteiger partial charge < -0.3 is 0 Å². The number of non-ortho nitro benzene ring substituents is 1. The number of anilines is 1. The van der Waals surface area contributed by atoms with Gasteiger partial charge in [0.2, 0.25) is 10.0 Å². The fraction of sp³-hybridized carbons (Fsp3) is 0.130. The third-order valence-electron chi connectivity index (χ3n) is 4.79. The number of para-hydroxylation sites is 1. The van der Waals surface area contributed by atoms with Crippen molar-refractivity contribution < 1.29 is 18.1 Å². The number of carbonyl (C=O) groups is 1. The summed E-state index contributed by atoms with van der Waals surface area (Å²) in [5, 5.41) is 15.0. The van der Waals surface area contributed by atoms with Gasteiger partial charge in [-0.25, -0.2) is 13.8 Å². The SMILES string of the molecule is C/C(=N\NC(=O)c1ccccc1N(Cc1ccccc1)S(C)(=O)=O)c1cccc([N+](=O)[O-])c1. The van der Waals surface area contributed by atoms with Gasteiger partial charge in [-0.3, -0.25) is 19.2 Å². The number of nitrogens with one attached hydrogen (secondary N) is 1. The Labute approximate surface area is 191 Å². The van der Waals surface area contributed by atoms with E-state index >= 15 is 0 Å². The van der Waals surface area contributed by atoms with Gasteiger partial charge in [-0.1, -0.05) is 54.6 Å². The van der Waals surface area contributed by atoms with Gasteiger partial charge in [-0.2, -0.15) is 5.10 Å². The van der Waals surface area contributed by atoms with E-state index in [4.69, 9.17) is 0 Å². The Morgan fingerprint density at radius 3 is 2.36 bits per heavy atom. The van der Waals surface area contributed by atoms with E-state index in [1.54, 1.807) is 55.5 Å². The Morgan fingerprint density at radius 1 is 1.03 bits per heavy atom. The Bertz CT molecular complexity index is 1310. The number of amides is 1. The highest BCUT2D eigenvalue weighted by atomic mass is 32.2. The first-order valence-electron chi connectivity index (χ1n) is 9.87. The molecule has 33 heavy (non-hydrogen) atoms. The Hall–Kier alpha value is -4.05. The summed E-state index contributed by atoms with van der Waals surface area (Å²) in [5.41, 5.74) is 4.24. The third kappa shape index (κ3) is 6.01. The standard InChI is InChI=1S/C23H22N4O5S/c1-17(19-11-8-12-20(15-19)27(29)30)24-25-23(28)21-13-6-7-14-22(21)26(33(2,31)32)16-18-9-4-3-5-10-18/h3-15H,16H2,1-2H3,(H,25,28)/b24-17+. The van der Waals surface area contributed by atoms with E-state index in [0.717, 1.165) is 16.1 Å².